The summed E-state index contributed by atoms with van der Waals surface area (Å²) < 4.78 is 5.56. The fraction of sp³-hybridized carbons (Fsp3) is 0.786. The molecule has 0 saturated heterocycles. The molecule has 0 atom stereocenters. The van der Waals surface area contributed by atoms with Crippen molar-refractivity contribution in [3.05, 3.63) is 0 Å². The third kappa shape index (κ3) is 6.57. The lowest BCUT2D eigenvalue weighted by atomic mass is 10.1. The highest BCUT2D eigenvalue weighted by atomic mass is 16.5. The van der Waals surface area contributed by atoms with Crippen molar-refractivity contribution < 1.29 is 9.84 Å². The summed E-state index contributed by atoms with van der Waals surface area (Å²) in [5, 5.41) is 13.0. The average Bonchev–Trinajstić information content (AvgIpc) is 2.33. The second-order valence-electron chi connectivity index (χ2n) is 6.00. The first-order chi connectivity index (χ1) is 9.71. The van der Waals surface area contributed by atoms with Crippen LogP contribution < -0.4 is 15.0 Å². The molecular formula is C14H27N5O2. The number of likely N-dealkylation sites (N-methyl/N-ethyl adjacent to an activating group) is 1. The summed E-state index contributed by atoms with van der Waals surface area (Å²) in [5.74, 6) is 0.960. The highest BCUT2D eigenvalue weighted by Crippen LogP contribution is 2.17. The van der Waals surface area contributed by atoms with Crippen molar-refractivity contribution in [3.8, 4) is 6.01 Å². The van der Waals surface area contributed by atoms with Crippen LogP contribution in [0.5, 0.6) is 6.01 Å². The second-order valence-corrected chi connectivity index (χ2v) is 6.00. The van der Waals surface area contributed by atoms with Gasteiger partial charge in [-0.2, -0.15) is 15.0 Å². The van der Waals surface area contributed by atoms with Gasteiger partial charge in [-0.15, -0.1) is 0 Å². The van der Waals surface area contributed by atoms with Gasteiger partial charge in [0.05, 0.1) is 11.7 Å². The molecule has 0 spiro atoms. The zero-order valence-electron chi connectivity index (χ0n) is 13.8. The Balaban J connectivity index is 2.99. The Labute approximate surface area is 126 Å². The summed E-state index contributed by atoms with van der Waals surface area (Å²) in [7, 11) is 1.83. The molecule has 0 radical (unpaired) electrons. The summed E-state index contributed by atoms with van der Waals surface area (Å²) in [4.78, 5) is 14.7. The van der Waals surface area contributed by atoms with Crippen LogP contribution in [0.2, 0.25) is 0 Å². The molecule has 2 N–H and O–H groups in total. The molecule has 0 bridgehead atoms. The lowest BCUT2D eigenvalue weighted by molar-refractivity contribution is 0.0882. The monoisotopic (exact) mass is 297 g/mol. The first kappa shape index (κ1) is 17.4. The lowest BCUT2D eigenvalue weighted by Gasteiger charge is -2.25. The quantitative estimate of drug-likeness (QED) is 0.755. The second kappa shape index (κ2) is 7.40. The third-order valence-corrected chi connectivity index (χ3v) is 2.44. The van der Waals surface area contributed by atoms with Gasteiger partial charge in [0.2, 0.25) is 11.9 Å². The number of aromatic nitrogens is 3. The molecule has 0 aliphatic rings. The van der Waals surface area contributed by atoms with Crippen molar-refractivity contribution in [2.45, 2.75) is 52.7 Å². The van der Waals surface area contributed by atoms with Crippen molar-refractivity contribution in [2.24, 2.45) is 0 Å². The van der Waals surface area contributed by atoms with Gasteiger partial charge in [0.25, 0.3) is 0 Å². The van der Waals surface area contributed by atoms with E-state index in [0.29, 0.717) is 18.4 Å². The van der Waals surface area contributed by atoms with Crippen LogP contribution in [-0.2, 0) is 0 Å². The standard InChI is InChI=1S/C14H27N5O2/c1-7-8-15-11-16-12(19(6)9-14(4,5)20)18-13(17-11)21-10(2)3/h10,20H,7-9H2,1-6H3,(H,15,16,17,18). The highest BCUT2D eigenvalue weighted by Gasteiger charge is 2.19. The van der Waals surface area contributed by atoms with Crippen molar-refractivity contribution in [1.82, 2.24) is 15.0 Å². The molecule has 0 aliphatic heterocycles. The maximum absolute atomic E-state index is 9.92. The Morgan fingerprint density at radius 2 is 1.95 bits per heavy atom. The number of ether oxygens (including phenoxy) is 1. The number of aliphatic hydroxyl groups is 1. The van der Waals surface area contributed by atoms with Crippen molar-refractivity contribution >= 4 is 11.9 Å². The molecule has 0 fully saturated rings. The Bertz CT molecular complexity index is 445. The van der Waals surface area contributed by atoms with Gasteiger partial charge in [0.15, 0.2) is 0 Å². The van der Waals surface area contributed by atoms with E-state index in [4.69, 9.17) is 4.74 Å². The van der Waals surface area contributed by atoms with Crippen LogP contribution >= 0.6 is 0 Å². The Morgan fingerprint density at radius 3 is 2.48 bits per heavy atom. The molecular weight excluding hydrogens is 270 g/mol. The zero-order valence-corrected chi connectivity index (χ0v) is 13.8. The van der Waals surface area contributed by atoms with Crippen molar-refractivity contribution in [2.75, 3.05) is 30.4 Å². The molecule has 0 aliphatic carbocycles. The van der Waals surface area contributed by atoms with Gasteiger partial charge < -0.3 is 20.1 Å². The van der Waals surface area contributed by atoms with Gasteiger partial charge in [0.1, 0.15) is 0 Å². The molecule has 0 saturated carbocycles. The van der Waals surface area contributed by atoms with Gasteiger partial charge in [0, 0.05) is 20.1 Å². The lowest BCUT2D eigenvalue weighted by Crippen LogP contribution is -2.37. The highest BCUT2D eigenvalue weighted by molar-refractivity contribution is 5.38. The third-order valence-electron chi connectivity index (χ3n) is 2.44. The smallest absolute Gasteiger partial charge is 0.323 e. The van der Waals surface area contributed by atoms with Crippen molar-refractivity contribution in [3.63, 3.8) is 0 Å². The number of rotatable bonds is 8. The fourth-order valence-corrected chi connectivity index (χ4v) is 1.75. The van der Waals surface area contributed by atoms with Gasteiger partial charge in [-0.25, -0.2) is 0 Å². The first-order valence-corrected chi connectivity index (χ1v) is 7.31. The molecule has 1 heterocycles. The molecule has 1 aromatic heterocycles. The molecule has 0 aromatic carbocycles. The number of anilines is 2. The molecule has 21 heavy (non-hydrogen) atoms. The van der Waals surface area contributed by atoms with Gasteiger partial charge in [-0.1, -0.05) is 6.92 Å². The van der Waals surface area contributed by atoms with E-state index in [0.717, 1.165) is 13.0 Å². The summed E-state index contributed by atoms with van der Waals surface area (Å²) in [6, 6.07) is 0.288. The van der Waals surface area contributed by atoms with Crippen LogP contribution in [0.25, 0.3) is 0 Å². The van der Waals surface area contributed by atoms with Crippen molar-refractivity contribution in [1.29, 1.82) is 0 Å². The normalized spacial score (nSPS) is 11.6. The number of nitrogens with zero attached hydrogens (tertiary/aromatic N) is 4. The molecule has 1 aromatic rings. The van der Waals surface area contributed by atoms with E-state index < -0.39 is 5.60 Å². The molecule has 7 heteroatoms. The van der Waals surface area contributed by atoms with Gasteiger partial charge in [-0.05, 0) is 34.1 Å². The summed E-state index contributed by atoms with van der Waals surface area (Å²) in [5.41, 5.74) is -0.836. The van der Waals surface area contributed by atoms with E-state index in [1.54, 1.807) is 18.7 Å². The number of nitrogens with one attached hydrogen (secondary N) is 1. The van der Waals surface area contributed by atoms with Crippen LogP contribution in [0.1, 0.15) is 41.0 Å². The maximum atomic E-state index is 9.92. The minimum Gasteiger partial charge on any atom is -0.461 e. The van der Waals surface area contributed by atoms with Gasteiger partial charge >= 0.3 is 6.01 Å². The van der Waals surface area contributed by atoms with Crippen LogP contribution in [0.4, 0.5) is 11.9 Å². The minimum absolute atomic E-state index is 0.0149. The SMILES string of the molecule is CCCNc1nc(OC(C)C)nc(N(C)CC(C)(C)O)n1. The van der Waals surface area contributed by atoms with E-state index >= 15 is 0 Å². The summed E-state index contributed by atoms with van der Waals surface area (Å²) >= 11 is 0. The molecule has 0 amide bonds. The molecule has 120 valence electrons. The summed E-state index contributed by atoms with van der Waals surface area (Å²) in [6.07, 6.45) is 0.958. The zero-order chi connectivity index (χ0) is 16.0. The number of hydrogen-bond donors (Lipinski definition) is 2. The predicted molar refractivity (Wildman–Crippen MR) is 83.9 cm³/mol. The van der Waals surface area contributed by atoms with E-state index in [1.165, 1.54) is 0 Å². The first-order valence-electron chi connectivity index (χ1n) is 7.31. The minimum atomic E-state index is -0.836. The topological polar surface area (TPSA) is 83.4 Å². The summed E-state index contributed by atoms with van der Waals surface area (Å²) in [6.45, 7) is 10.6. The average molecular weight is 297 g/mol. The van der Waals surface area contributed by atoms with Crippen LogP contribution in [0.15, 0.2) is 0 Å². The Kier molecular flexibility index (Phi) is 6.14. The number of hydrogen-bond acceptors (Lipinski definition) is 7. The molecule has 1 rings (SSSR count). The Hall–Kier alpha value is -1.63. The van der Waals surface area contributed by atoms with Crippen LogP contribution in [0, 0.1) is 0 Å². The maximum Gasteiger partial charge on any atom is 0.323 e. The van der Waals surface area contributed by atoms with E-state index in [2.05, 4.69) is 27.2 Å². The molecule has 0 unspecified atom stereocenters. The van der Waals surface area contributed by atoms with E-state index in [9.17, 15) is 5.11 Å². The van der Waals surface area contributed by atoms with E-state index in [-0.39, 0.29) is 12.1 Å². The van der Waals surface area contributed by atoms with Crippen LogP contribution in [0.3, 0.4) is 0 Å². The largest absolute Gasteiger partial charge is 0.461 e. The molecule has 7 nitrogen and oxygen atoms in total. The Morgan fingerprint density at radius 1 is 1.29 bits per heavy atom. The van der Waals surface area contributed by atoms with E-state index in [1.807, 2.05) is 20.9 Å². The van der Waals surface area contributed by atoms with Gasteiger partial charge in [-0.3, -0.25) is 0 Å². The fourth-order valence-electron chi connectivity index (χ4n) is 1.75. The van der Waals surface area contributed by atoms with Crippen LogP contribution in [-0.4, -0.2) is 51.9 Å². The predicted octanol–water partition coefficient (Wildman–Crippen LogP) is 1.69.